The number of halogens is 1. The van der Waals surface area contributed by atoms with Gasteiger partial charge in [-0.25, -0.2) is 4.39 Å². The Kier molecular flexibility index (Phi) is 5.57. The van der Waals surface area contributed by atoms with Crippen LogP contribution in [0.1, 0.15) is 34.1 Å². The van der Waals surface area contributed by atoms with Crippen molar-refractivity contribution < 1.29 is 29.2 Å². The average molecular weight is 468 g/mol. The molecule has 5 atom stereocenters. The molecule has 1 saturated heterocycles. The third-order valence-corrected chi connectivity index (χ3v) is 7.46. The first-order valence-corrected chi connectivity index (χ1v) is 11.4. The van der Waals surface area contributed by atoms with E-state index in [0.717, 1.165) is 20.9 Å². The molecule has 33 heavy (non-hydrogen) atoms. The Hall–Kier alpha value is -2.64. The van der Waals surface area contributed by atoms with Gasteiger partial charge in [-0.1, -0.05) is 12.1 Å². The summed E-state index contributed by atoms with van der Waals surface area (Å²) in [6, 6.07) is 16.0. The maximum atomic E-state index is 13.2. The van der Waals surface area contributed by atoms with Crippen LogP contribution in [0.3, 0.4) is 0 Å². The van der Waals surface area contributed by atoms with Gasteiger partial charge in [-0.2, -0.15) is 5.26 Å². The number of benzene rings is 2. The number of nitrogens with zero attached hydrogens (tertiary/aromatic N) is 1. The fourth-order valence-corrected chi connectivity index (χ4v) is 5.56. The van der Waals surface area contributed by atoms with Crippen molar-refractivity contribution in [2.75, 3.05) is 0 Å². The third-order valence-electron chi connectivity index (χ3n) is 6.33. The first-order chi connectivity index (χ1) is 15.8. The van der Waals surface area contributed by atoms with E-state index in [2.05, 4.69) is 6.07 Å². The highest BCUT2D eigenvalue weighted by Gasteiger charge is 2.57. The van der Waals surface area contributed by atoms with Gasteiger partial charge < -0.3 is 24.8 Å². The van der Waals surface area contributed by atoms with Crippen molar-refractivity contribution in [1.29, 1.82) is 5.26 Å². The van der Waals surface area contributed by atoms with Crippen LogP contribution in [0.2, 0.25) is 0 Å². The highest BCUT2D eigenvalue weighted by Crippen LogP contribution is 2.46. The van der Waals surface area contributed by atoms with E-state index >= 15 is 0 Å². The first kappa shape index (κ1) is 22.2. The SMILES string of the molecule is C[C@H]1O[C@]2(OCc3cc(C#N)c(Cc4ccc(-c5ccc(F)cc5)s4)cc32)[C@H](O)[C@@H](O)[C@@H]1O. The second-order valence-corrected chi connectivity index (χ2v) is 9.60. The van der Waals surface area contributed by atoms with E-state index in [9.17, 15) is 25.0 Å². The molecule has 0 radical (unpaired) electrons. The fraction of sp³-hybridized carbons (Fsp3) is 0.320. The number of aliphatic hydroxyl groups excluding tert-OH is 3. The van der Waals surface area contributed by atoms with Gasteiger partial charge in [0.2, 0.25) is 5.79 Å². The largest absolute Gasteiger partial charge is 0.388 e. The fourth-order valence-electron chi connectivity index (χ4n) is 4.52. The molecule has 2 aromatic carbocycles. The minimum absolute atomic E-state index is 0.116. The van der Waals surface area contributed by atoms with Crippen molar-refractivity contribution in [3.8, 4) is 16.5 Å². The molecule has 1 fully saturated rings. The number of hydrogen-bond donors (Lipinski definition) is 3. The number of nitriles is 1. The van der Waals surface area contributed by atoms with Gasteiger partial charge in [0.25, 0.3) is 0 Å². The van der Waals surface area contributed by atoms with E-state index in [-0.39, 0.29) is 12.4 Å². The minimum Gasteiger partial charge on any atom is -0.388 e. The van der Waals surface area contributed by atoms with Gasteiger partial charge in [0.05, 0.1) is 24.3 Å². The number of fused-ring (bicyclic) bond motifs is 2. The molecular weight excluding hydrogens is 445 g/mol. The van der Waals surface area contributed by atoms with Crippen LogP contribution in [0.15, 0.2) is 48.5 Å². The Labute approximate surface area is 194 Å². The Morgan fingerprint density at radius 1 is 1.12 bits per heavy atom. The van der Waals surface area contributed by atoms with Gasteiger partial charge in [0, 0.05) is 21.7 Å². The van der Waals surface area contributed by atoms with Crippen molar-refractivity contribution in [3.63, 3.8) is 0 Å². The van der Waals surface area contributed by atoms with E-state index in [1.807, 2.05) is 12.1 Å². The Bertz CT molecular complexity index is 1240. The molecule has 8 heteroatoms. The van der Waals surface area contributed by atoms with E-state index in [1.54, 1.807) is 42.5 Å². The van der Waals surface area contributed by atoms with E-state index < -0.39 is 30.2 Å². The summed E-state index contributed by atoms with van der Waals surface area (Å²) < 4.78 is 25.0. The summed E-state index contributed by atoms with van der Waals surface area (Å²) in [7, 11) is 0. The standard InChI is InChI=1S/C25H22FNO5S/c1-13-22(28)23(29)24(30)25(32-13)20-10-15(16(11-27)8-17(20)12-31-25)9-19-6-7-21(33-19)14-2-4-18(26)5-3-14/h2-8,10,13,22-24,28-30H,9,12H2,1H3/t13-,22-,23+,24-,25+/m1/s1. The molecule has 0 bridgehead atoms. The second kappa shape index (κ2) is 8.29. The molecule has 3 aromatic rings. The number of thiophene rings is 1. The van der Waals surface area contributed by atoms with E-state index in [4.69, 9.17) is 9.47 Å². The molecule has 170 valence electrons. The maximum absolute atomic E-state index is 13.2. The van der Waals surface area contributed by atoms with Crippen LogP contribution in [-0.2, 0) is 28.3 Å². The zero-order valence-corrected chi connectivity index (χ0v) is 18.6. The monoisotopic (exact) mass is 467 g/mol. The summed E-state index contributed by atoms with van der Waals surface area (Å²) in [6.45, 7) is 1.72. The van der Waals surface area contributed by atoms with Gasteiger partial charge in [-0.3, -0.25) is 0 Å². The number of ether oxygens (including phenoxy) is 2. The van der Waals surface area contributed by atoms with E-state index in [1.165, 1.54) is 12.1 Å². The highest BCUT2D eigenvalue weighted by atomic mass is 32.1. The molecule has 0 aliphatic carbocycles. The molecule has 1 aromatic heterocycles. The van der Waals surface area contributed by atoms with Crippen LogP contribution in [0.4, 0.5) is 4.39 Å². The zero-order valence-electron chi connectivity index (χ0n) is 17.7. The number of rotatable bonds is 3. The molecule has 1 spiro atoms. The summed E-state index contributed by atoms with van der Waals surface area (Å²) in [6.07, 6.45) is -4.46. The lowest BCUT2D eigenvalue weighted by atomic mass is 9.86. The molecule has 2 aliphatic heterocycles. The van der Waals surface area contributed by atoms with Crippen LogP contribution >= 0.6 is 11.3 Å². The molecular formula is C25H22FNO5S. The Balaban J connectivity index is 1.50. The van der Waals surface area contributed by atoms with Crippen molar-refractivity contribution in [1.82, 2.24) is 0 Å². The van der Waals surface area contributed by atoms with Crippen LogP contribution < -0.4 is 0 Å². The molecule has 3 heterocycles. The average Bonchev–Trinajstić information content (AvgIpc) is 3.42. The number of aliphatic hydroxyl groups is 3. The van der Waals surface area contributed by atoms with Gasteiger partial charge in [0.15, 0.2) is 0 Å². The van der Waals surface area contributed by atoms with Crippen molar-refractivity contribution in [2.45, 2.75) is 50.2 Å². The topological polar surface area (TPSA) is 103 Å². The van der Waals surface area contributed by atoms with E-state index in [0.29, 0.717) is 23.1 Å². The molecule has 3 N–H and O–H groups in total. The molecule has 0 unspecified atom stereocenters. The van der Waals surface area contributed by atoms with Crippen LogP contribution in [-0.4, -0.2) is 39.7 Å². The number of hydrogen-bond acceptors (Lipinski definition) is 7. The Morgan fingerprint density at radius 2 is 1.88 bits per heavy atom. The summed E-state index contributed by atoms with van der Waals surface area (Å²) in [5, 5.41) is 41.0. The second-order valence-electron chi connectivity index (χ2n) is 8.43. The summed E-state index contributed by atoms with van der Waals surface area (Å²) >= 11 is 1.55. The maximum Gasteiger partial charge on any atom is 0.225 e. The predicted molar refractivity (Wildman–Crippen MR) is 119 cm³/mol. The van der Waals surface area contributed by atoms with Crippen LogP contribution in [0.25, 0.3) is 10.4 Å². The van der Waals surface area contributed by atoms with Gasteiger partial charge in [0.1, 0.15) is 24.1 Å². The van der Waals surface area contributed by atoms with Crippen molar-refractivity contribution >= 4 is 11.3 Å². The summed E-state index contributed by atoms with van der Waals surface area (Å²) in [4.78, 5) is 1.99. The lowest BCUT2D eigenvalue weighted by molar-refractivity contribution is -0.362. The summed E-state index contributed by atoms with van der Waals surface area (Å²) in [5.74, 6) is -1.90. The smallest absolute Gasteiger partial charge is 0.225 e. The van der Waals surface area contributed by atoms with Gasteiger partial charge in [-0.15, -0.1) is 11.3 Å². The van der Waals surface area contributed by atoms with Crippen molar-refractivity contribution in [2.24, 2.45) is 0 Å². The minimum atomic E-state index is -1.61. The Morgan fingerprint density at radius 3 is 2.61 bits per heavy atom. The lowest BCUT2D eigenvalue weighted by Crippen LogP contribution is -2.62. The molecule has 5 rings (SSSR count). The highest BCUT2D eigenvalue weighted by molar-refractivity contribution is 7.15. The third kappa shape index (κ3) is 3.67. The normalized spacial score (nSPS) is 28.6. The van der Waals surface area contributed by atoms with Gasteiger partial charge in [-0.05, 0) is 60.0 Å². The molecule has 0 amide bonds. The molecule has 6 nitrogen and oxygen atoms in total. The quantitative estimate of drug-likeness (QED) is 0.547. The summed E-state index contributed by atoms with van der Waals surface area (Å²) in [5.41, 5.74) is 3.39. The van der Waals surface area contributed by atoms with Crippen LogP contribution in [0, 0.1) is 17.1 Å². The molecule has 0 saturated carbocycles. The van der Waals surface area contributed by atoms with Gasteiger partial charge >= 0.3 is 0 Å². The molecule has 2 aliphatic rings. The van der Waals surface area contributed by atoms with Crippen LogP contribution in [0.5, 0.6) is 0 Å². The lowest BCUT2D eigenvalue weighted by Gasteiger charge is -2.45. The zero-order chi connectivity index (χ0) is 23.3. The van der Waals surface area contributed by atoms with Crippen molar-refractivity contribution in [3.05, 3.63) is 81.5 Å². The predicted octanol–water partition coefficient (Wildman–Crippen LogP) is 3.20. The first-order valence-electron chi connectivity index (χ1n) is 10.6.